The van der Waals surface area contributed by atoms with Crippen LogP contribution in [0.25, 0.3) is 0 Å². The molecule has 3 N–H and O–H groups in total. The summed E-state index contributed by atoms with van der Waals surface area (Å²) in [4.78, 5) is 8.18. The Kier molecular flexibility index (Phi) is 4.54. The van der Waals surface area contributed by atoms with Crippen LogP contribution in [0.4, 0.5) is 11.8 Å². The van der Waals surface area contributed by atoms with Crippen molar-refractivity contribution < 1.29 is 4.74 Å². The van der Waals surface area contributed by atoms with Crippen LogP contribution < -0.4 is 15.8 Å². The van der Waals surface area contributed by atoms with Gasteiger partial charge in [0.25, 0.3) is 0 Å². The minimum absolute atomic E-state index is 0.230. The van der Waals surface area contributed by atoms with Crippen LogP contribution in [0.5, 0.6) is 5.88 Å². The lowest BCUT2D eigenvalue weighted by molar-refractivity contribution is 0.0992. The molecule has 0 radical (unpaired) electrons. The molecule has 5 nitrogen and oxygen atoms in total. The van der Waals surface area contributed by atoms with Crippen molar-refractivity contribution in [1.82, 2.24) is 9.97 Å². The highest BCUT2D eigenvalue weighted by Crippen LogP contribution is 2.21. The second-order valence-electron chi connectivity index (χ2n) is 4.59. The largest absolute Gasteiger partial charge is 0.471 e. The number of anilines is 2. The van der Waals surface area contributed by atoms with E-state index in [1.165, 1.54) is 0 Å². The number of nitrogens with one attached hydrogen (secondary N) is 1. The molecule has 17 heavy (non-hydrogen) atoms. The molecular formula is C12H22N4O. The first kappa shape index (κ1) is 13.5. The van der Waals surface area contributed by atoms with Gasteiger partial charge in [-0.05, 0) is 26.7 Å². The highest BCUT2D eigenvalue weighted by Gasteiger charge is 2.18. The SMILES string of the molecule is CCCNc1cc(OC(C)(C)CC)nc(N)n1. The average molecular weight is 238 g/mol. The van der Waals surface area contributed by atoms with Gasteiger partial charge < -0.3 is 15.8 Å². The number of nitrogen functional groups attached to an aromatic ring is 1. The van der Waals surface area contributed by atoms with E-state index in [-0.39, 0.29) is 11.5 Å². The fourth-order valence-electron chi connectivity index (χ4n) is 1.19. The zero-order valence-electron chi connectivity index (χ0n) is 11.1. The third kappa shape index (κ3) is 4.46. The Morgan fingerprint density at radius 2 is 2.06 bits per heavy atom. The smallest absolute Gasteiger partial charge is 0.225 e. The second-order valence-corrected chi connectivity index (χ2v) is 4.59. The van der Waals surface area contributed by atoms with Gasteiger partial charge in [-0.3, -0.25) is 0 Å². The van der Waals surface area contributed by atoms with E-state index in [1.807, 2.05) is 13.8 Å². The van der Waals surface area contributed by atoms with Gasteiger partial charge in [0.2, 0.25) is 11.8 Å². The van der Waals surface area contributed by atoms with E-state index >= 15 is 0 Å². The minimum Gasteiger partial charge on any atom is -0.471 e. The van der Waals surface area contributed by atoms with E-state index < -0.39 is 0 Å². The number of nitrogens with two attached hydrogens (primary N) is 1. The maximum Gasteiger partial charge on any atom is 0.225 e. The number of hydrogen-bond acceptors (Lipinski definition) is 5. The third-order valence-electron chi connectivity index (χ3n) is 2.51. The van der Waals surface area contributed by atoms with E-state index in [2.05, 4.69) is 29.1 Å². The van der Waals surface area contributed by atoms with Gasteiger partial charge in [-0.25, -0.2) is 0 Å². The molecular weight excluding hydrogens is 216 g/mol. The van der Waals surface area contributed by atoms with Crippen LogP contribution in [0.3, 0.4) is 0 Å². The summed E-state index contributed by atoms with van der Waals surface area (Å²) in [6, 6.07) is 1.78. The Morgan fingerprint density at radius 3 is 2.65 bits per heavy atom. The van der Waals surface area contributed by atoms with Crippen LogP contribution in [-0.2, 0) is 0 Å². The van der Waals surface area contributed by atoms with Crippen molar-refractivity contribution in [3.05, 3.63) is 6.07 Å². The predicted octanol–water partition coefficient (Wildman–Crippen LogP) is 2.45. The van der Waals surface area contributed by atoms with E-state index in [0.29, 0.717) is 11.7 Å². The highest BCUT2D eigenvalue weighted by atomic mass is 16.5. The fourth-order valence-corrected chi connectivity index (χ4v) is 1.19. The summed E-state index contributed by atoms with van der Waals surface area (Å²) in [6.45, 7) is 9.05. The summed E-state index contributed by atoms with van der Waals surface area (Å²) in [6.07, 6.45) is 1.93. The van der Waals surface area contributed by atoms with Crippen molar-refractivity contribution in [1.29, 1.82) is 0 Å². The topological polar surface area (TPSA) is 73.1 Å². The molecule has 0 atom stereocenters. The third-order valence-corrected chi connectivity index (χ3v) is 2.51. The molecule has 0 aliphatic rings. The van der Waals surface area contributed by atoms with Crippen LogP contribution in [0.15, 0.2) is 6.07 Å². The molecule has 0 saturated heterocycles. The molecule has 0 aliphatic carbocycles. The Balaban J connectivity index is 2.82. The average Bonchev–Trinajstić information content (AvgIpc) is 2.25. The van der Waals surface area contributed by atoms with Crippen molar-refractivity contribution in [3.8, 4) is 5.88 Å². The quantitative estimate of drug-likeness (QED) is 0.796. The van der Waals surface area contributed by atoms with Gasteiger partial charge >= 0.3 is 0 Å². The van der Waals surface area contributed by atoms with Gasteiger partial charge in [-0.15, -0.1) is 0 Å². The molecule has 1 rings (SSSR count). The molecule has 0 aliphatic heterocycles. The van der Waals surface area contributed by atoms with Crippen molar-refractivity contribution in [2.24, 2.45) is 0 Å². The van der Waals surface area contributed by atoms with E-state index in [4.69, 9.17) is 10.5 Å². The van der Waals surface area contributed by atoms with Crippen LogP contribution in [0, 0.1) is 0 Å². The van der Waals surface area contributed by atoms with Crippen molar-refractivity contribution in [2.75, 3.05) is 17.6 Å². The Morgan fingerprint density at radius 1 is 1.35 bits per heavy atom. The molecule has 0 bridgehead atoms. The second kappa shape index (κ2) is 5.70. The van der Waals surface area contributed by atoms with E-state index in [9.17, 15) is 0 Å². The number of rotatable bonds is 6. The van der Waals surface area contributed by atoms with Crippen LogP contribution in [0.2, 0.25) is 0 Å². The van der Waals surface area contributed by atoms with Gasteiger partial charge in [0.05, 0.1) is 0 Å². The van der Waals surface area contributed by atoms with E-state index in [0.717, 1.165) is 19.4 Å². The molecule has 96 valence electrons. The van der Waals surface area contributed by atoms with Crippen molar-refractivity contribution in [3.63, 3.8) is 0 Å². The number of hydrogen-bond donors (Lipinski definition) is 2. The predicted molar refractivity (Wildman–Crippen MR) is 70.2 cm³/mol. The number of nitrogens with zero attached hydrogens (tertiary/aromatic N) is 2. The standard InChI is InChI=1S/C12H22N4O/c1-5-7-14-9-8-10(16-11(13)15-9)17-12(3,4)6-2/h8H,5-7H2,1-4H3,(H3,13,14,15,16). The molecule has 0 amide bonds. The van der Waals surface area contributed by atoms with Gasteiger partial charge in [0.15, 0.2) is 0 Å². The summed E-state index contributed by atoms with van der Waals surface area (Å²) >= 11 is 0. The van der Waals surface area contributed by atoms with Crippen LogP contribution in [-0.4, -0.2) is 22.1 Å². The highest BCUT2D eigenvalue weighted by molar-refractivity contribution is 5.42. The number of aromatic nitrogens is 2. The maximum atomic E-state index is 5.78. The van der Waals surface area contributed by atoms with Gasteiger partial charge in [0, 0.05) is 12.6 Å². The maximum absolute atomic E-state index is 5.78. The summed E-state index contributed by atoms with van der Waals surface area (Å²) < 4.78 is 5.78. The first-order valence-corrected chi connectivity index (χ1v) is 6.04. The molecule has 0 fully saturated rings. The van der Waals surface area contributed by atoms with Crippen molar-refractivity contribution in [2.45, 2.75) is 46.1 Å². The molecule has 0 saturated carbocycles. The zero-order chi connectivity index (χ0) is 12.9. The monoisotopic (exact) mass is 238 g/mol. The summed E-state index contributed by atoms with van der Waals surface area (Å²) in [5, 5.41) is 3.17. The first-order chi connectivity index (χ1) is 7.96. The van der Waals surface area contributed by atoms with E-state index in [1.54, 1.807) is 6.07 Å². The normalized spacial score (nSPS) is 11.3. The van der Waals surface area contributed by atoms with Crippen LogP contribution >= 0.6 is 0 Å². The van der Waals surface area contributed by atoms with Gasteiger partial charge in [-0.2, -0.15) is 9.97 Å². The summed E-state index contributed by atoms with van der Waals surface area (Å²) in [5.74, 6) is 1.46. The van der Waals surface area contributed by atoms with Crippen molar-refractivity contribution >= 4 is 11.8 Å². The van der Waals surface area contributed by atoms with Gasteiger partial charge in [0.1, 0.15) is 11.4 Å². The molecule has 0 aromatic carbocycles. The molecule has 5 heteroatoms. The zero-order valence-corrected chi connectivity index (χ0v) is 11.1. The first-order valence-electron chi connectivity index (χ1n) is 6.04. The molecule has 1 aromatic rings. The van der Waals surface area contributed by atoms with Gasteiger partial charge in [-0.1, -0.05) is 13.8 Å². The molecule has 0 unspecified atom stereocenters. The Labute approximate surface area is 103 Å². The van der Waals surface area contributed by atoms with Crippen LogP contribution in [0.1, 0.15) is 40.5 Å². The lowest BCUT2D eigenvalue weighted by Crippen LogP contribution is -2.27. The summed E-state index contributed by atoms with van der Waals surface area (Å²) in [5.41, 5.74) is 5.40. The Hall–Kier alpha value is -1.52. The molecule has 1 aromatic heterocycles. The molecule has 1 heterocycles. The molecule has 0 spiro atoms. The lowest BCUT2D eigenvalue weighted by atomic mass is 10.1. The lowest BCUT2D eigenvalue weighted by Gasteiger charge is -2.24. The number of ether oxygens (including phenoxy) is 1. The fraction of sp³-hybridized carbons (Fsp3) is 0.667. The summed E-state index contributed by atoms with van der Waals surface area (Å²) in [7, 11) is 0. The Bertz CT molecular complexity index is 366. The minimum atomic E-state index is -0.247.